The molecule has 1 unspecified atom stereocenters. The summed E-state index contributed by atoms with van der Waals surface area (Å²) < 4.78 is 29.5. The topological polar surface area (TPSA) is 131 Å². The number of nitrogens with one attached hydrogen (secondary N) is 2. The molecule has 3 rings (SSSR count). The number of benzene rings is 2. The van der Waals surface area contributed by atoms with Crippen LogP contribution in [0.3, 0.4) is 0 Å². The van der Waals surface area contributed by atoms with Crippen molar-refractivity contribution in [3.63, 3.8) is 0 Å². The summed E-state index contributed by atoms with van der Waals surface area (Å²) in [5, 5.41) is 5.11. The standard InChI is InChI=1S/C24H30N4O6S/c1-6-28(35(32)33)16-9-7-15(8-10-16)25-22(30)18-13-17(27-12-11-20(29)26-23(27)31)14-19(21(18)34-5)24(2,3)4/h7-10,13-14H,6,11-12H2,1-5H3,(H,25,30)(H,32,33)(H,26,29,31)/p-1. The van der Waals surface area contributed by atoms with E-state index in [1.54, 1.807) is 43.3 Å². The molecule has 0 saturated carbocycles. The lowest BCUT2D eigenvalue weighted by molar-refractivity contribution is -0.120. The maximum absolute atomic E-state index is 13.4. The molecule has 1 aliphatic heterocycles. The molecule has 188 valence electrons. The number of urea groups is 1. The predicted octanol–water partition coefficient (Wildman–Crippen LogP) is 3.31. The quantitative estimate of drug-likeness (QED) is 0.560. The largest absolute Gasteiger partial charge is 0.755 e. The molecule has 0 aliphatic carbocycles. The van der Waals surface area contributed by atoms with Crippen molar-refractivity contribution in [1.82, 2.24) is 5.32 Å². The van der Waals surface area contributed by atoms with Crippen LogP contribution in [0.1, 0.15) is 50.0 Å². The Balaban J connectivity index is 1.99. The number of hydrogen-bond donors (Lipinski definition) is 2. The van der Waals surface area contributed by atoms with Crippen molar-refractivity contribution < 1.29 is 27.9 Å². The van der Waals surface area contributed by atoms with Gasteiger partial charge >= 0.3 is 6.03 Å². The maximum atomic E-state index is 13.4. The zero-order valence-corrected chi connectivity index (χ0v) is 21.2. The second kappa shape index (κ2) is 10.4. The van der Waals surface area contributed by atoms with Crippen LogP contribution in [0, 0.1) is 0 Å². The van der Waals surface area contributed by atoms with Gasteiger partial charge in [0.05, 0.1) is 12.7 Å². The highest BCUT2D eigenvalue weighted by Gasteiger charge is 2.30. The highest BCUT2D eigenvalue weighted by molar-refractivity contribution is 7.80. The second-order valence-corrected chi connectivity index (χ2v) is 9.87. The van der Waals surface area contributed by atoms with Crippen LogP contribution >= 0.6 is 0 Å². The van der Waals surface area contributed by atoms with Crippen molar-refractivity contribution >= 4 is 46.2 Å². The number of imide groups is 1. The lowest BCUT2D eigenvalue weighted by Crippen LogP contribution is -2.49. The first kappa shape index (κ1) is 26.2. The molecule has 1 aliphatic rings. The number of amides is 4. The van der Waals surface area contributed by atoms with Crippen molar-refractivity contribution in [2.24, 2.45) is 0 Å². The molecule has 1 atom stereocenters. The molecule has 0 radical (unpaired) electrons. The first-order valence-corrected chi connectivity index (χ1v) is 12.1. The molecule has 0 spiro atoms. The number of nitrogens with zero attached hydrogens (tertiary/aromatic N) is 2. The first-order valence-electron chi connectivity index (χ1n) is 11.1. The Morgan fingerprint density at radius 1 is 1.23 bits per heavy atom. The summed E-state index contributed by atoms with van der Waals surface area (Å²) in [6.45, 7) is 8.09. The van der Waals surface area contributed by atoms with E-state index in [1.165, 1.54) is 16.3 Å². The summed E-state index contributed by atoms with van der Waals surface area (Å²) in [6.07, 6.45) is 0.152. The van der Waals surface area contributed by atoms with E-state index in [2.05, 4.69) is 10.6 Å². The van der Waals surface area contributed by atoms with E-state index in [1.807, 2.05) is 20.8 Å². The summed E-state index contributed by atoms with van der Waals surface area (Å²) in [5.74, 6) is -0.433. The molecule has 11 heteroatoms. The fraction of sp³-hybridized carbons (Fsp3) is 0.375. The van der Waals surface area contributed by atoms with Crippen molar-refractivity contribution in [1.29, 1.82) is 0 Å². The lowest BCUT2D eigenvalue weighted by Gasteiger charge is -2.30. The number of carbonyl (C=O) groups excluding carboxylic acids is 3. The van der Waals surface area contributed by atoms with E-state index in [-0.39, 0.29) is 31.0 Å². The highest BCUT2D eigenvalue weighted by Crippen LogP contribution is 2.38. The normalized spacial score (nSPS) is 14.9. The summed E-state index contributed by atoms with van der Waals surface area (Å²) >= 11 is -2.41. The van der Waals surface area contributed by atoms with E-state index in [4.69, 9.17) is 4.74 Å². The Hall–Kier alpha value is -3.44. The van der Waals surface area contributed by atoms with Crippen molar-refractivity contribution in [3.8, 4) is 5.75 Å². The number of carbonyl (C=O) groups is 3. The summed E-state index contributed by atoms with van der Waals surface area (Å²) in [7, 11) is 1.48. The highest BCUT2D eigenvalue weighted by atomic mass is 32.2. The smallest absolute Gasteiger partial charge is 0.328 e. The molecule has 2 aromatic rings. The molecule has 0 bridgehead atoms. The van der Waals surface area contributed by atoms with E-state index in [9.17, 15) is 23.1 Å². The van der Waals surface area contributed by atoms with Gasteiger partial charge in [-0.05, 0) is 48.7 Å². The number of rotatable bonds is 7. The lowest BCUT2D eigenvalue weighted by atomic mass is 9.84. The molecule has 0 aromatic heterocycles. The van der Waals surface area contributed by atoms with Gasteiger partial charge in [0.1, 0.15) is 5.75 Å². The molecule has 10 nitrogen and oxygen atoms in total. The van der Waals surface area contributed by atoms with Gasteiger partial charge in [-0.1, -0.05) is 20.8 Å². The number of ether oxygens (including phenoxy) is 1. The summed E-state index contributed by atoms with van der Waals surface area (Å²) in [4.78, 5) is 38.8. The zero-order valence-electron chi connectivity index (χ0n) is 20.3. The number of methoxy groups -OCH3 is 1. The maximum Gasteiger partial charge on any atom is 0.328 e. The fourth-order valence-electron chi connectivity index (χ4n) is 3.81. The molecule has 35 heavy (non-hydrogen) atoms. The molecular formula is C24H29N4O6S-. The third-order valence-corrected chi connectivity index (χ3v) is 6.41. The van der Waals surface area contributed by atoms with Crippen molar-refractivity contribution in [3.05, 3.63) is 47.5 Å². The van der Waals surface area contributed by atoms with Gasteiger partial charge in [0.15, 0.2) is 0 Å². The fourth-order valence-corrected chi connectivity index (χ4v) is 4.31. The van der Waals surface area contributed by atoms with Gasteiger partial charge in [0.2, 0.25) is 5.91 Å². The van der Waals surface area contributed by atoms with Crippen molar-refractivity contribution in [2.75, 3.05) is 34.7 Å². The first-order chi connectivity index (χ1) is 16.5. The Bertz CT molecular complexity index is 1160. The van der Waals surface area contributed by atoms with Crippen LogP contribution in [0.5, 0.6) is 5.75 Å². The van der Waals surface area contributed by atoms with Crippen LogP contribution in [0.2, 0.25) is 0 Å². The van der Waals surface area contributed by atoms with Gasteiger partial charge in [-0.15, -0.1) is 0 Å². The zero-order chi connectivity index (χ0) is 25.9. The average molecular weight is 502 g/mol. The molecular weight excluding hydrogens is 472 g/mol. The molecule has 4 amide bonds. The van der Waals surface area contributed by atoms with Gasteiger partial charge in [-0.3, -0.25) is 24.0 Å². The van der Waals surface area contributed by atoms with Crippen LogP contribution in [-0.2, 0) is 21.5 Å². The van der Waals surface area contributed by atoms with Crippen LogP contribution in [0.25, 0.3) is 0 Å². The molecule has 2 N–H and O–H groups in total. The van der Waals surface area contributed by atoms with E-state index >= 15 is 0 Å². The van der Waals surface area contributed by atoms with Gasteiger partial charge in [0, 0.05) is 53.4 Å². The van der Waals surface area contributed by atoms with E-state index in [0.29, 0.717) is 22.8 Å². The monoisotopic (exact) mass is 501 g/mol. The summed E-state index contributed by atoms with van der Waals surface area (Å²) in [6, 6.07) is 9.20. The average Bonchev–Trinajstić information content (AvgIpc) is 2.79. The van der Waals surface area contributed by atoms with Crippen LogP contribution in [-0.4, -0.2) is 46.8 Å². The van der Waals surface area contributed by atoms with Crippen LogP contribution in [0.4, 0.5) is 21.9 Å². The third kappa shape index (κ3) is 5.80. The number of anilines is 3. The van der Waals surface area contributed by atoms with Gasteiger partial charge in [-0.25, -0.2) is 4.79 Å². The van der Waals surface area contributed by atoms with E-state index < -0.39 is 28.6 Å². The van der Waals surface area contributed by atoms with Gasteiger partial charge in [-0.2, -0.15) is 0 Å². The SMILES string of the molecule is CCN(c1ccc(NC(=O)c2cc(N3CCC(=O)NC3=O)cc(C(C)(C)C)c2OC)cc1)S(=O)[O-]. The Morgan fingerprint density at radius 2 is 1.89 bits per heavy atom. The summed E-state index contributed by atoms with van der Waals surface area (Å²) in [5.41, 5.74) is 1.92. The van der Waals surface area contributed by atoms with Gasteiger partial charge < -0.3 is 18.9 Å². The Morgan fingerprint density at radius 3 is 2.40 bits per heavy atom. The van der Waals surface area contributed by atoms with Crippen molar-refractivity contribution in [2.45, 2.75) is 39.5 Å². The second-order valence-electron chi connectivity index (χ2n) is 8.99. The molecule has 1 fully saturated rings. The molecule has 1 saturated heterocycles. The minimum absolute atomic E-state index is 0.152. The molecule has 1 heterocycles. The minimum Gasteiger partial charge on any atom is -0.755 e. The van der Waals surface area contributed by atoms with E-state index in [0.717, 1.165) is 5.56 Å². The van der Waals surface area contributed by atoms with Crippen LogP contribution in [0.15, 0.2) is 36.4 Å². The van der Waals surface area contributed by atoms with Crippen LogP contribution < -0.4 is 24.6 Å². The predicted molar refractivity (Wildman–Crippen MR) is 134 cm³/mol. The minimum atomic E-state index is -2.41. The Labute approximate surface area is 207 Å². The Kier molecular flexibility index (Phi) is 7.81. The molecule has 2 aromatic carbocycles. The number of hydrogen-bond acceptors (Lipinski definition) is 6. The third-order valence-electron chi connectivity index (χ3n) is 5.58. The van der Waals surface area contributed by atoms with Gasteiger partial charge in [0.25, 0.3) is 5.91 Å².